The molecule has 150 valence electrons. The van der Waals surface area contributed by atoms with Crippen molar-refractivity contribution >= 4 is 16.8 Å². The van der Waals surface area contributed by atoms with Gasteiger partial charge in [-0.25, -0.2) is 9.37 Å². The number of carbonyl (C=O) groups is 1. The lowest BCUT2D eigenvalue weighted by Gasteiger charge is -2.12. The van der Waals surface area contributed by atoms with Gasteiger partial charge in [-0.15, -0.1) is 0 Å². The number of halogens is 1. The summed E-state index contributed by atoms with van der Waals surface area (Å²) in [6.07, 6.45) is 0. The van der Waals surface area contributed by atoms with Gasteiger partial charge in [0.1, 0.15) is 12.4 Å². The largest absolute Gasteiger partial charge is 0.473 e. The first-order valence-electron chi connectivity index (χ1n) is 9.69. The predicted molar refractivity (Wildman–Crippen MR) is 115 cm³/mol. The summed E-state index contributed by atoms with van der Waals surface area (Å²) in [5, 5.41) is 3.64. The molecule has 0 atom stereocenters. The summed E-state index contributed by atoms with van der Waals surface area (Å²) in [6, 6.07) is 23.2. The number of carbonyl (C=O) groups excluding carboxylic acids is 1. The third-order valence-corrected chi connectivity index (χ3v) is 4.81. The van der Waals surface area contributed by atoms with Crippen LogP contribution in [0, 0.1) is 12.7 Å². The SMILES string of the molecule is Cc1ccc(COc2cc(C(=O)NCc3ccc(F)cc3)c3ccccc3n2)cc1. The van der Waals surface area contributed by atoms with E-state index in [4.69, 9.17) is 4.74 Å². The molecule has 3 aromatic carbocycles. The topological polar surface area (TPSA) is 51.2 Å². The number of hydrogen-bond donors (Lipinski definition) is 1. The molecule has 0 saturated carbocycles. The van der Waals surface area contributed by atoms with Crippen molar-refractivity contribution in [2.24, 2.45) is 0 Å². The lowest BCUT2D eigenvalue weighted by molar-refractivity contribution is 0.0952. The van der Waals surface area contributed by atoms with Gasteiger partial charge in [-0.3, -0.25) is 4.79 Å². The Balaban J connectivity index is 1.55. The van der Waals surface area contributed by atoms with Crippen molar-refractivity contribution in [2.75, 3.05) is 0 Å². The molecule has 1 amide bonds. The molecule has 30 heavy (non-hydrogen) atoms. The van der Waals surface area contributed by atoms with Gasteiger partial charge in [-0.05, 0) is 36.2 Å². The van der Waals surface area contributed by atoms with E-state index in [2.05, 4.69) is 10.3 Å². The number of nitrogens with zero attached hydrogens (tertiary/aromatic N) is 1. The standard InChI is InChI=1S/C25H21FN2O2/c1-17-6-8-19(9-7-17)16-30-24-14-22(21-4-2-3-5-23(21)28-24)25(29)27-15-18-10-12-20(26)13-11-18/h2-14H,15-16H2,1H3,(H,27,29). The molecule has 0 bridgehead atoms. The minimum atomic E-state index is -0.305. The Kier molecular flexibility index (Phi) is 5.70. The van der Waals surface area contributed by atoms with E-state index in [1.54, 1.807) is 18.2 Å². The van der Waals surface area contributed by atoms with Crippen LogP contribution in [-0.4, -0.2) is 10.9 Å². The van der Waals surface area contributed by atoms with Crippen LogP contribution >= 0.6 is 0 Å². The third kappa shape index (κ3) is 4.63. The lowest BCUT2D eigenvalue weighted by Crippen LogP contribution is -2.23. The molecule has 5 heteroatoms. The average Bonchev–Trinajstić information content (AvgIpc) is 2.77. The normalized spacial score (nSPS) is 10.7. The van der Waals surface area contributed by atoms with E-state index in [1.165, 1.54) is 17.7 Å². The number of para-hydroxylation sites is 1. The number of nitrogens with one attached hydrogen (secondary N) is 1. The highest BCUT2D eigenvalue weighted by atomic mass is 19.1. The van der Waals surface area contributed by atoms with E-state index >= 15 is 0 Å². The van der Waals surface area contributed by atoms with Crippen LogP contribution in [0.3, 0.4) is 0 Å². The summed E-state index contributed by atoms with van der Waals surface area (Å²) in [4.78, 5) is 17.4. The maximum atomic E-state index is 13.1. The monoisotopic (exact) mass is 400 g/mol. The zero-order valence-electron chi connectivity index (χ0n) is 16.6. The summed E-state index contributed by atoms with van der Waals surface area (Å²) >= 11 is 0. The Labute approximate surface area is 174 Å². The Hall–Kier alpha value is -3.73. The quantitative estimate of drug-likeness (QED) is 0.485. The number of pyridine rings is 1. The highest BCUT2D eigenvalue weighted by molar-refractivity contribution is 6.06. The molecule has 4 aromatic rings. The van der Waals surface area contributed by atoms with Crippen molar-refractivity contribution < 1.29 is 13.9 Å². The Morgan fingerprint density at radius 3 is 2.43 bits per heavy atom. The maximum absolute atomic E-state index is 13.1. The molecule has 4 nitrogen and oxygen atoms in total. The fourth-order valence-corrected chi connectivity index (χ4v) is 3.13. The van der Waals surface area contributed by atoms with Crippen molar-refractivity contribution in [2.45, 2.75) is 20.1 Å². The Bertz CT molecular complexity index is 1170. The second-order valence-corrected chi connectivity index (χ2v) is 7.11. The van der Waals surface area contributed by atoms with Crippen LogP contribution < -0.4 is 10.1 Å². The van der Waals surface area contributed by atoms with Crippen LogP contribution in [-0.2, 0) is 13.2 Å². The fraction of sp³-hybridized carbons (Fsp3) is 0.120. The molecule has 0 unspecified atom stereocenters. The first-order chi connectivity index (χ1) is 14.6. The van der Waals surface area contributed by atoms with Gasteiger partial charge in [0.05, 0.1) is 11.1 Å². The number of ether oxygens (including phenoxy) is 1. The van der Waals surface area contributed by atoms with Crippen LogP contribution in [0.4, 0.5) is 4.39 Å². The Morgan fingerprint density at radius 1 is 0.967 bits per heavy atom. The molecule has 4 rings (SSSR count). The van der Waals surface area contributed by atoms with E-state index in [1.807, 2.05) is 55.5 Å². The molecular weight excluding hydrogens is 379 g/mol. The molecule has 0 spiro atoms. The van der Waals surface area contributed by atoms with Gasteiger partial charge in [-0.1, -0.05) is 60.2 Å². The molecule has 0 saturated heterocycles. The summed E-state index contributed by atoms with van der Waals surface area (Å²) < 4.78 is 19.0. The van der Waals surface area contributed by atoms with Gasteiger partial charge in [0.2, 0.25) is 5.88 Å². The van der Waals surface area contributed by atoms with E-state index in [0.717, 1.165) is 16.5 Å². The van der Waals surface area contributed by atoms with Gasteiger partial charge in [0.15, 0.2) is 0 Å². The van der Waals surface area contributed by atoms with Crippen LogP contribution in [0.5, 0.6) is 5.88 Å². The van der Waals surface area contributed by atoms with Gasteiger partial charge < -0.3 is 10.1 Å². The Morgan fingerprint density at radius 2 is 1.67 bits per heavy atom. The first-order valence-corrected chi connectivity index (χ1v) is 9.69. The molecule has 0 radical (unpaired) electrons. The zero-order chi connectivity index (χ0) is 20.9. The number of amides is 1. The number of rotatable bonds is 6. The van der Waals surface area contributed by atoms with E-state index in [9.17, 15) is 9.18 Å². The van der Waals surface area contributed by atoms with Gasteiger partial charge in [0.25, 0.3) is 5.91 Å². The second kappa shape index (κ2) is 8.74. The lowest BCUT2D eigenvalue weighted by atomic mass is 10.1. The van der Waals surface area contributed by atoms with Crippen molar-refractivity contribution in [3.63, 3.8) is 0 Å². The van der Waals surface area contributed by atoms with Crippen molar-refractivity contribution in [1.82, 2.24) is 10.3 Å². The predicted octanol–water partition coefficient (Wildman–Crippen LogP) is 5.19. The van der Waals surface area contributed by atoms with Crippen molar-refractivity contribution in [3.8, 4) is 5.88 Å². The van der Waals surface area contributed by atoms with Crippen LogP contribution in [0.2, 0.25) is 0 Å². The molecule has 0 aliphatic carbocycles. The van der Waals surface area contributed by atoms with Crippen LogP contribution in [0.1, 0.15) is 27.0 Å². The fourth-order valence-electron chi connectivity index (χ4n) is 3.13. The average molecular weight is 400 g/mol. The minimum absolute atomic E-state index is 0.238. The van der Waals surface area contributed by atoms with Crippen LogP contribution in [0.25, 0.3) is 10.9 Å². The zero-order valence-corrected chi connectivity index (χ0v) is 16.6. The second-order valence-electron chi connectivity index (χ2n) is 7.11. The first kappa shape index (κ1) is 19.6. The number of fused-ring (bicyclic) bond motifs is 1. The molecule has 0 aliphatic heterocycles. The minimum Gasteiger partial charge on any atom is -0.473 e. The molecular formula is C25H21FN2O2. The number of aromatic nitrogens is 1. The number of aryl methyl sites for hydroxylation is 1. The molecule has 1 aromatic heterocycles. The van der Waals surface area contributed by atoms with Crippen molar-refractivity contribution in [3.05, 3.63) is 107 Å². The summed E-state index contributed by atoms with van der Waals surface area (Å²) in [5.74, 6) is -0.153. The van der Waals surface area contributed by atoms with E-state index in [0.29, 0.717) is 30.1 Å². The molecule has 1 heterocycles. The highest BCUT2D eigenvalue weighted by Gasteiger charge is 2.14. The highest BCUT2D eigenvalue weighted by Crippen LogP contribution is 2.23. The summed E-state index contributed by atoms with van der Waals surface area (Å²) in [7, 11) is 0. The van der Waals surface area contributed by atoms with Crippen LogP contribution in [0.15, 0.2) is 78.9 Å². The van der Waals surface area contributed by atoms with E-state index in [-0.39, 0.29) is 11.7 Å². The summed E-state index contributed by atoms with van der Waals surface area (Å²) in [6.45, 7) is 2.70. The molecule has 0 aliphatic rings. The molecule has 0 fully saturated rings. The van der Waals surface area contributed by atoms with E-state index < -0.39 is 0 Å². The summed E-state index contributed by atoms with van der Waals surface area (Å²) in [5.41, 5.74) is 4.20. The van der Waals surface area contributed by atoms with Gasteiger partial charge in [-0.2, -0.15) is 0 Å². The number of benzene rings is 3. The van der Waals surface area contributed by atoms with Gasteiger partial charge >= 0.3 is 0 Å². The molecule has 1 N–H and O–H groups in total. The third-order valence-electron chi connectivity index (χ3n) is 4.81. The van der Waals surface area contributed by atoms with Gasteiger partial charge in [0, 0.05) is 18.0 Å². The number of hydrogen-bond acceptors (Lipinski definition) is 3. The smallest absolute Gasteiger partial charge is 0.252 e. The maximum Gasteiger partial charge on any atom is 0.252 e. The van der Waals surface area contributed by atoms with Crippen molar-refractivity contribution in [1.29, 1.82) is 0 Å².